The molecule has 4 aliphatic heterocycles. The average molecular weight is 941 g/mol. The van der Waals surface area contributed by atoms with Crippen LogP contribution in [0.15, 0.2) is 12.1 Å². The van der Waals surface area contributed by atoms with Gasteiger partial charge in [-0.2, -0.15) is 0 Å². The zero-order valence-electron chi connectivity index (χ0n) is 37.8. The molecule has 7 rings (SSSR count). The highest BCUT2D eigenvalue weighted by molar-refractivity contribution is 6.11. The van der Waals surface area contributed by atoms with Crippen LogP contribution in [0, 0.1) is 12.8 Å². The van der Waals surface area contributed by atoms with Gasteiger partial charge in [0.1, 0.15) is 60.0 Å². The monoisotopic (exact) mass is 940 g/mol. The van der Waals surface area contributed by atoms with Crippen molar-refractivity contribution in [2.45, 2.75) is 196 Å². The third-order valence-electron chi connectivity index (χ3n) is 13.5. The Morgan fingerprint density at radius 2 is 1.18 bits per heavy atom. The van der Waals surface area contributed by atoms with Gasteiger partial charge < -0.3 is 93.7 Å². The lowest BCUT2D eigenvalue weighted by molar-refractivity contribution is -0.311. The molecular formula is C45H64O21. The highest BCUT2D eigenvalue weighted by Crippen LogP contribution is 2.47. The summed E-state index contributed by atoms with van der Waals surface area (Å²) in [7, 11) is 1.19. The Morgan fingerprint density at radius 1 is 0.697 bits per heavy atom. The number of rotatable bonds is 13. The molecule has 0 unspecified atom stereocenters. The van der Waals surface area contributed by atoms with Crippen LogP contribution in [0.25, 0.3) is 10.8 Å². The number of phenolic OH excluding ortho intramolecular Hbond substituents is 2. The van der Waals surface area contributed by atoms with Crippen molar-refractivity contribution >= 4 is 22.3 Å². The number of methoxy groups -OCH3 is 1. The van der Waals surface area contributed by atoms with Crippen molar-refractivity contribution in [2.75, 3.05) is 7.11 Å². The van der Waals surface area contributed by atoms with Crippen LogP contribution in [0.2, 0.25) is 0 Å². The maximum Gasteiger partial charge on any atom is 0.202 e. The number of Topliss-reactive ketones (excluding diaryl/α,β-unsaturated/α-hetero) is 2. The molecule has 2 aromatic rings. The predicted molar refractivity (Wildman–Crippen MR) is 224 cm³/mol. The number of phenols is 2. The van der Waals surface area contributed by atoms with Gasteiger partial charge in [0.25, 0.3) is 0 Å². The first-order valence-electron chi connectivity index (χ1n) is 22.4. The van der Waals surface area contributed by atoms with E-state index < -0.39 is 152 Å². The summed E-state index contributed by atoms with van der Waals surface area (Å²) in [5.74, 6) is -3.95. The second kappa shape index (κ2) is 20.4. The largest absolute Gasteiger partial charge is 0.507 e. The second-order valence-electron chi connectivity index (χ2n) is 18.3. The molecule has 0 radical (unpaired) electrons. The van der Waals surface area contributed by atoms with Crippen LogP contribution in [0.1, 0.15) is 81.8 Å². The first kappa shape index (κ1) is 50.7. The van der Waals surface area contributed by atoms with E-state index in [2.05, 4.69) is 0 Å². The number of benzene rings is 2. The van der Waals surface area contributed by atoms with Crippen molar-refractivity contribution in [3.63, 3.8) is 0 Å². The quantitative estimate of drug-likeness (QED) is 0.121. The van der Waals surface area contributed by atoms with Crippen LogP contribution < -0.4 is 4.74 Å². The average Bonchev–Trinajstić information content (AvgIpc) is 3.25. The number of aliphatic hydroxyl groups excluding tert-OH is 8. The van der Waals surface area contributed by atoms with Crippen LogP contribution in [0.4, 0.5) is 0 Å². The normalized spacial score (nSPS) is 40.1. The molecule has 0 saturated carbocycles. The first-order chi connectivity index (χ1) is 31.1. The van der Waals surface area contributed by atoms with E-state index in [0.717, 1.165) is 0 Å². The van der Waals surface area contributed by atoms with Gasteiger partial charge in [-0.3, -0.25) is 9.59 Å². The molecule has 5 aliphatic rings. The van der Waals surface area contributed by atoms with Gasteiger partial charge in [-0.1, -0.05) is 0 Å². The predicted octanol–water partition coefficient (Wildman–Crippen LogP) is -0.520. The lowest BCUT2D eigenvalue weighted by Gasteiger charge is -2.43. The van der Waals surface area contributed by atoms with Gasteiger partial charge in [0.15, 0.2) is 30.4 Å². The number of fused-ring (bicyclic) bond motifs is 2. The molecule has 21 atom stereocenters. The highest BCUT2D eigenvalue weighted by Gasteiger charge is 2.50. The number of carbonyl (C=O) groups is 2. The summed E-state index contributed by atoms with van der Waals surface area (Å²) >= 11 is 0. The Labute approximate surface area is 380 Å². The zero-order valence-corrected chi connectivity index (χ0v) is 37.8. The maximum absolute atomic E-state index is 14.8. The third kappa shape index (κ3) is 10.1. The molecular weight excluding hydrogens is 876 g/mol. The van der Waals surface area contributed by atoms with Crippen molar-refractivity contribution in [2.24, 2.45) is 5.92 Å². The summed E-state index contributed by atoms with van der Waals surface area (Å²) in [4.78, 5) is 28.5. The van der Waals surface area contributed by atoms with Crippen LogP contribution >= 0.6 is 0 Å². The fourth-order valence-corrected chi connectivity index (χ4v) is 9.62. The van der Waals surface area contributed by atoms with E-state index in [4.69, 9.17) is 42.6 Å². The van der Waals surface area contributed by atoms with Gasteiger partial charge in [-0.15, -0.1) is 0 Å². The highest BCUT2D eigenvalue weighted by atomic mass is 16.7. The van der Waals surface area contributed by atoms with E-state index in [1.165, 1.54) is 33.1 Å². The molecule has 0 aromatic heterocycles. The van der Waals surface area contributed by atoms with Crippen molar-refractivity contribution in [1.82, 2.24) is 0 Å². The lowest BCUT2D eigenvalue weighted by Crippen LogP contribution is -2.56. The molecule has 21 heteroatoms. The number of hydrogen-bond donors (Lipinski definition) is 10. The summed E-state index contributed by atoms with van der Waals surface area (Å²) < 4.78 is 53.7. The molecule has 10 N–H and O–H groups in total. The summed E-state index contributed by atoms with van der Waals surface area (Å²) in [5.41, 5.74) is 0.116. The van der Waals surface area contributed by atoms with E-state index in [1.807, 2.05) is 0 Å². The maximum atomic E-state index is 14.8. The Bertz CT molecular complexity index is 2030. The Kier molecular flexibility index (Phi) is 15.7. The van der Waals surface area contributed by atoms with Crippen LogP contribution in [-0.2, 0) is 49.1 Å². The summed E-state index contributed by atoms with van der Waals surface area (Å²) in [6.45, 7) is 9.02. The van der Waals surface area contributed by atoms with Gasteiger partial charge in [-0.25, -0.2) is 0 Å². The van der Waals surface area contributed by atoms with E-state index in [0.29, 0.717) is 0 Å². The topological polar surface area (TPSA) is 320 Å². The lowest BCUT2D eigenvalue weighted by atomic mass is 9.75. The fraction of sp³-hybridized carbons (Fsp3) is 0.733. The molecule has 4 fully saturated rings. The molecule has 21 nitrogen and oxygen atoms in total. The molecule has 0 amide bonds. The third-order valence-corrected chi connectivity index (χ3v) is 13.5. The number of aromatic hydroxyl groups is 2. The Balaban J connectivity index is 1.18. The number of carbonyl (C=O) groups excluding carboxylic acids is 2. The Hall–Kier alpha value is -3.20. The molecule has 370 valence electrons. The minimum absolute atomic E-state index is 0.0233. The van der Waals surface area contributed by atoms with Gasteiger partial charge in [0.2, 0.25) is 6.29 Å². The first-order valence-corrected chi connectivity index (χ1v) is 22.4. The fourth-order valence-electron chi connectivity index (χ4n) is 9.62. The molecule has 4 saturated heterocycles. The zero-order chi connectivity index (χ0) is 48.2. The van der Waals surface area contributed by atoms with E-state index in [1.54, 1.807) is 27.7 Å². The van der Waals surface area contributed by atoms with E-state index in [9.17, 15) is 60.7 Å². The molecule has 0 spiro atoms. The minimum atomic E-state index is -1.92. The van der Waals surface area contributed by atoms with Crippen LogP contribution in [-0.4, -0.2) is 193 Å². The van der Waals surface area contributed by atoms with Crippen molar-refractivity contribution in [3.05, 3.63) is 28.8 Å². The molecule has 1 aliphatic carbocycles. The summed E-state index contributed by atoms with van der Waals surface area (Å²) in [6.07, 6.45) is -23.5. The van der Waals surface area contributed by atoms with Gasteiger partial charge >= 0.3 is 0 Å². The van der Waals surface area contributed by atoms with Gasteiger partial charge in [0.05, 0.1) is 65.9 Å². The minimum Gasteiger partial charge on any atom is -0.507 e. The van der Waals surface area contributed by atoms with E-state index in [-0.39, 0.29) is 65.3 Å². The standard InChI is InChI=1S/C45H64O21/c1-15-26(63-31-13-27(39(53)19(5)61-31)64-29-11-24(47)37(51)17(3)59-29)10-22-8-21-9-23(44(58-7)43(57)36(50)16(2)46)45(42(56)34(21)41(55)33(22)35(15)49)66-32-14-28(40(54)20(6)62-32)65-30-12-25(48)38(52)18(4)60-30/h8,10,16-20,23-25,27-32,36-40,44-55H,9,11-14H2,1-7H3/t16-,17-,18-,19-,20-,23+,24-,25-,27-,28-,29+,30+,31+,32+,36+,37-,38+,39-,40-,44+,45+/m1/s1. The van der Waals surface area contributed by atoms with Crippen molar-refractivity contribution in [1.29, 1.82) is 0 Å². The smallest absolute Gasteiger partial charge is 0.202 e. The summed E-state index contributed by atoms with van der Waals surface area (Å²) in [6, 6.07) is 3.04. The van der Waals surface area contributed by atoms with Crippen LogP contribution in [0.5, 0.6) is 17.2 Å². The molecule has 66 heavy (non-hydrogen) atoms. The van der Waals surface area contributed by atoms with Gasteiger partial charge in [-0.05, 0) is 71.0 Å². The van der Waals surface area contributed by atoms with Gasteiger partial charge in [0, 0.05) is 44.3 Å². The second-order valence-corrected chi connectivity index (χ2v) is 18.3. The SMILES string of the molecule is CO[C@H](C(=O)[C@@H](O)[C@@H](C)O)[C@@H]1Cc2cc3cc(O[C@H]4C[C@@H](O[C@H]5C[C@@H](O)[C@H](O)[C@@H](C)O5)[C@H](O)[C@@H](C)O4)c(C)c(O)c3c(O)c2C(=O)[C@H]1O[C@H]1C[C@@H](O[C@H]2C[C@@H](O)[C@@H](O)[C@@H](C)O2)[C@H](O)[C@@H](C)O1. The number of aliphatic hydroxyl groups is 8. The number of ether oxygens (including phenoxy) is 9. The molecule has 2 aromatic carbocycles. The van der Waals surface area contributed by atoms with E-state index >= 15 is 0 Å². The Morgan fingerprint density at radius 3 is 1.68 bits per heavy atom. The van der Waals surface area contributed by atoms with Crippen molar-refractivity contribution in [3.8, 4) is 17.2 Å². The molecule has 0 bridgehead atoms. The number of ketones is 2. The van der Waals surface area contributed by atoms with Crippen molar-refractivity contribution < 1.29 is 103 Å². The molecule has 4 heterocycles. The van der Waals surface area contributed by atoms with Crippen LogP contribution in [0.3, 0.4) is 0 Å². The summed E-state index contributed by atoms with van der Waals surface area (Å²) in [5, 5.41) is 108. The number of hydrogen-bond acceptors (Lipinski definition) is 21.